The van der Waals surface area contributed by atoms with E-state index in [1.807, 2.05) is 13.8 Å². The Labute approximate surface area is 92.5 Å². The molecule has 0 aliphatic rings. The normalized spacial score (nSPS) is 15.2. The number of H-pyrrole nitrogens is 1. The molecule has 6 heteroatoms. The first kappa shape index (κ1) is 10.8. The summed E-state index contributed by atoms with van der Waals surface area (Å²) in [5.41, 5.74) is 7.12. The Hall–Kier alpha value is -1.69. The Balaban J connectivity index is 2.43. The molecular weight excluding hydrogens is 206 g/mol. The molecule has 2 rings (SSSR count). The minimum absolute atomic E-state index is 0.0700. The van der Waals surface area contributed by atoms with Gasteiger partial charge in [-0.3, -0.25) is 0 Å². The number of fused-ring (bicyclic) bond motifs is 1. The van der Waals surface area contributed by atoms with Crippen LogP contribution >= 0.6 is 0 Å². The predicted octanol–water partition coefficient (Wildman–Crippen LogP) is 0.258. The highest BCUT2D eigenvalue weighted by molar-refractivity contribution is 5.37. The smallest absolute Gasteiger partial charge is 0.327 e. The number of nitrogens with zero attached hydrogens (tertiary/aromatic N) is 3. The molecule has 0 bridgehead atoms. The van der Waals surface area contributed by atoms with Crippen LogP contribution in [0.15, 0.2) is 17.2 Å². The zero-order valence-electron chi connectivity index (χ0n) is 9.34. The van der Waals surface area contributed by atoms with Crippen LogP contribution in [0.1, 0.15) is 31.9 Å². The number of nitrogens with one attached hydrogen (secondary N) is 1. The number of nitrogens with two attached hydrogens (primary N) is 1. The first-order valence-electron chi connectivity index (χ1n) is 5.31. The fourth-order valence-corrected chi connectivity index (χ4v) is 1.65. The second-order valence-corrected chi connectivity index (χ2v) is 3.93. The van der Waals surface area contributed by atoms with Crippen LogP contribution in [0.2, 0.25) is 0 Å². The second-order valence-electron chi connectivity index (χ2n) is 3.93. The summed E-state index contributed by atoms with van der Waals surface area (Å²) < 4.78 is 1.37. The van der Waals surface area contributed by atoms with Crippen molar-refractivity contribution in [2.75, 3.05) is 0 Å². The van der Waals surface area contributed by atoms with E-state index >= 15 is 0 Å². The van der Waals surface area contributed by atoms with Crippen LogP contribution in [-0.2, 0) is 0 Å². The third-order valence-corrected chi connectivity index (χ3v) is 2.91. The Morgan fingerprint density at radius 2 is 2.38 bits per heavy atom. The Morgan fingerprint density at radius 3 is 3.06 bits per heavy atom. The van der Waals surface area contributed by atoms with Crippen LogP contribution in [0.25, 0.3) is 5.65 Å². The molecule has 0 aliphatic carbocycles. The van der Waals surface area contributed by atoms with Gasteiger partial charge in [0.25, 0.3) is 0 Å². The molecule has 2 aromatic rings. The maximum Gasteiger partial charge on any atom is 0.348 e. The van der Waals surface area contributed by atoms with Gasteiger partial charge < -0.3 is 5.73 Å². The molecular formula is C10H15N5O. The average Bonchev–Trinajstić information content (AvgIpc) is 2.68. The van der Waals surface area contributed by atoms with E-state index in [9.17, 15) is 4.79 Å². The first-order chi connectivity index (χ1) is 7.63. The van der Waals surface area contributed by atoms with E-state index in [1.165, 1.54) is 10.7 Å². The molecule has 0 saturated carbocycles. The van der Waals surface area contributed by atoms with Gasteiger partial charge in [-0.2, -0.15) is 5.10 Å². The maximum absolute atomic E-state index is 11.2. The lowest BCUT2D eigenvalue weighted by Gasteiger charge is -2.17. The quantitative estimate of drug-likeness (QED) is 0.778. The van der Waals surface area contributed by atoms with Crippen molar-refractivity contribution in [3.8, 4) is 0 Å². The number of aromatic nitrogens is 4. The lowest BCUT2D eigenvalue weighted by molar-refractivity contribution is 0.540. The largest absolute Gasteiger partial charge is 0.348 e. The topological polar surface area (TPSA) is 89.1 Å². The highest BCUT2D eigenvalue weighted by Crippen LogP contribution is 2.17. The molecule has 0 spiro atoms. The fourth-order valence-electron chi connectivity index (χ4n) is 1.65. The number of hydrogen-bond acceptors (Lipinski definition) is 4. The van der Waals surface area contributed by atoms with Crippen molar-refractivity contribution in [3.05, 3.63) is 28.6 Å². The summed E-state index contributed by atoms with van der Waals surface area (Å²) in [6.45, 7) is 4.07. The summed E-state index contributed by atoms with van der Waals surface area (Å²) in [7, 11) is 0. The third-order valence-electron chi connectivity index (χ3n) is 2.91. The highest BCUT2D eigenvalue weighted by Gasteiger charge is 2.15. The predicted molar refractivity (Wildman–Crippen MR) is 60.3 cm³/mol. The summed E-state index contributed by atoms with van der Waals surface area (Å²) in [5, 5.41) is 6.26. The summed E-state index contributed by atoms with van der Waals surface area (Å²) >= 11 is 0. The van der Waals surface area contributed by atoms with Crippen molar-refractivity contribution in [1.29, 1.82) is 0 Å². The van der Waals surface area contributed by atoms with Crippen LogP contribution in [-0.4, -0.2) is 25.6 Å². The standard InChI is InChI=1S/C10H15N5O/c1-3-7(11)6(2)8-4-9-13-14-10(16)15(9)5-12-8/h4-7H,3,11H2,1-2H3,(H,14,16). The van der Waals surface area contributed by atoms with E-state index in [0.29, 0.717) is 5.65 Å². The van der Waals surface area contributed by atoms with E-state index in [1.54, 1.807) is 6.07 Å². The molecule has 0 fully saturated rings. The summed E-state index contributed by atoms with van der Waals surface area (Å²) in [6, 6.07) is 1.86. The van der Waals surface area contributed by atoms with E-state index in [4.69, 9.17) is 5.73 Å². The summed E-state index contributed by atoms with van der Waals surface area (Å²) in [5.74, 6) is 0.154. The van der Waals surface area contributed by atoms with Gasteiger partial charge in [-0.05, 0) is 6.42 Å². The van der Waals surface area contributed by atoms with Gasteiger partial charge in [0.2, 0.25) is 0 Å². The van der Waals surface area contributed by atoms with Crippen LogP contribution in [0.5, 0.6) is 0 Å². The number of hydrogen-bond donors (Lipinski definition) is 2. The van der Waals surface area contributed by atoms with Crippen LogP contribution in [0.3, 0.4) is 0 Å². The zero-order chi connectivity index (χ0) is 11.7. The van der Waals surface area contributed by atoms with E-state index in [-0.39, 0.29) is 17.6 Å². The summed E-state index contributed by atoms with van der Waals surface area (Å²) in [4.78, 5) is 15.5. The third kappa shape index (κ3) is 1.71. The Bertz CT molecular complexity index is 543. The molecule has 86 valence electrons. The van der Waals surface area contributed by atoms with Crippen LogP contribution < -0.4 is 11.4 Å². The minimum atomic E-state index is -0.276. The number of rotatable bonds is 3. The zero-order valence-corrected chi connectivity index (χ0v) is 9.34. The molecule has 2 heterocycles. The molecule has 0 radical (unpaired) electrons. The molecule has 2 atom stereocenters. The van der Waals surface area contributed by atoms with Gasteiger partial charge in [-0.1, -0.05) is 13.8 Å². The maximum atomic E-state index is 11.2. The van der Waals surface area contributed by atoms with Gasteiger partial charge in [0.1, 0.15) is 6.33 Å². The van der Waals surface area contributed by atoms with Gasteiger partial charge >= 0.3 is 5.69 Å². The van der Waals surface area contributed by atoms with Gasteiger partial charge in [0.05, 0.1) is 5.69 Å². The van der Waals surface area contributed by atoms with Gasteiger partial charge in [-0.15, -0.1) is 0 Å². The van der Waals surface area contributed by atoms with Crippen LogP contribution in [0.4, 0.5) is 0 Å². The van der Waals surface area contributed by atoms with Crippen molar-refractivity contribution < 1.29 is 0 Å². The molecule has 2 aromatic heterocycles. The highest BCUT2D eigenvalue weighted by atomic mass is 16.1. The van der Waals surface area contributed by atoms with Gasteiger partial charge in [0.15, 0.2) is 5.65 Å². The van der Waals surface area contributed by atoms with Crippen molar-refractivity contribution in [2.45, 2.75) is 32.2 Å². The van der Waals surface area contributed by atoms with Crippen molar-refractivity contribution in [1.82, 2.24) is 19.6 Å². The molecule has 0 amide bonds. The molecule has 6 nitrogen and oxygen atoms in total. The van der Waals surface area contributed by atoms with Crippen LogP contribution in [0, 0.1) is 0 Å². The monoisotopic (exact) mass is 221 g/mol. The second kappa shape index (κ2) is 4.05. The molecule has 16 heavy (non-hydrogen) atoms. The van der Waals surface area contributed by atoms with Gasteiger partial charge in [0, 0.05) is 18.0 Å². The molecule has 2 unspecified atom stereocenters. The molecule has 3 N–H and O–H groups in total. The lowest BCUT2D eigenvalue weighted by Crippen LogP contribution is -2.26. The molecule has 0 aromatic carbocycles. The number of aromatic amines is 1. The van der Waals surface area contributed by atoms with E-state index in [2.05, 4.69) is 15.2 Å². The summed E-state index contributed by atoms with van der Waals surface area (Å²) in [6.07, 6.45) is 2.37. The lowest BCUT2D eigenvalue weighted by atomic mass is 9.97. The Morgan fingerprint density at radius 1 is 1.62 bits per heavy atom. The minimum Gasteiger partial charge on any atom is -0.327 e. The van der Waals surface area contributed by atoms with Gasteiger partial charge in [-0.25, -0.2) is 19.3 Å². The molecule has 0 aliphatic heterocycles. The average molecular weight is 221 g/mol. The fraction of sp³-hybridized carbons (Fsp3) is 0.500. The van der Waals surface area contributed by atoms with E-state index in [0.717, 1.165) is 12.1 Å². The van der Waals surface area contributed by atoms with Crippen molar-refractivity contribution >= 4 is 5.65 Å². The van der Waals surface area contributed by atoms with Crippen molar-refractivity contribution in [3.63, 3.8) is 0 Å². The first-order valence-corrected chi connectivity index (χ1v) is 5.31. The molecule has 0 saturated heterocycles. The SMILES string of the molecule is CCC(N)C(C)c1cc2n[nH]c(=O)n2cn1. The van der Waals surface area contributed by atoms with Crippen molar-refractivity contribution in [2.24, 2.45) is 5.73 Å². The Kier molecular flexibility index (Phi) is 2.74. The van der Waals surface area contributed by atoms with E-state index < -0.39 is 0 Å².